The molecule has 2 aromatic carbocycles. The summed E-state index contributed by atoms with van der Waals surface area (Å²) in [5, 5.41) is 12.7. The summed E-state index contributed by atoms with van der Waals surface area (Å²) in [6, 6.07) is 8.26. The number of aromatic nitrogens is 1. The molecule has 158 valence electrons. The fourth-order valence-corrected chi connectivity index (χ4v) is 3.12. The quantitative estimate of drug-likeness (QED) is 0.613. The lowest BCUT2D eigenvalue weighted by Crippen LogP contribution is -2.25. The van der Waals surface area contributed by atoms with E-state index >= 15 is 0 Å². The Bertz CT molecular complexity index is 1160. The van der Waals surface area contributed by atoms with Gasteiger partial charge in [0.15, 0.2) is 0 Å². The van der Waals surface area contributed by atoms with Crippen molar-refractivity contribution in [2.75, 3.05) is 11.9 Å². The van der Waals surface area contributed by atoms with Gasteiger partial charge in [0, 0.05) is 22.7 Å². The highest BCUT2D eigenvalue weighted by molar-refractivity contribution is 6.02. The fourth-order valence-electron chi connectivity index (χ4n) is 3.12. The van der Waals surface area contributed by atoms with Gasteiger partial charge in [-0.25, -0.2) is 4.39 Å². The Labute approximate surface area is 168 Å². The maximum Gasteiger partial charge on any atom is 0.419 e. The summed E-state index contributed by atoms with van der Waals surface area (Å²) in [5.41, 5.74) is -1.31. The van der Waals surface area contributed by atoms with Gasteiger partial charge in [0.1, 0.15) is 5.82 Å². The van der Waals surface area contributed by atoms with Crippen molar-refractivity contribution >= 4 is 22.4 Å². The van der Waals surface area contributed by atoms with Crippen LogP contribution in [0.5, 0.6) is 0 Å². The number of rotatable bonds is 5. The standard InChI is InChI=1S/C21H18F4N2O3/c1-12(11-28)27-8-7-14-15(20(27)30)3-2-4-18(14)26-19(29)10-13-5-6-16(17(22)9-13)21(23,24)25/h2-9,12,28H,10-11H2,1H3,(H,26,29). The summed E-state index contributed by atoms with van der Waals surface area (Å²) < 4.78 is 53.0. The molecule has 2 N–H and O–H groups in total. The largest absolute Gasteiger partial charge is 0.419 e. The number of benzene rings is 2. The molecule has 0 aliphatic carbocycles. The molecule has 1 aromatic heterocycles. The van der Waals surface area contributed by atoms with E-state index in [1.165, 1.54) is 10.8 Å². The van der Waals surface area contributed by atoms with Crippen molar-refractivity contribution in [1.29, 1.82) is 0 Å². The summed E-state index contributed by atoms with van der Waals surface area (Å²) in [6.45, 7) is 1.47. The zero-order valence-corrected chi connectivity index (χ0v) is 15.8. The van der Waals surface area contributed by atoms with Gasteiger partial charge in [-0.3, -0.25) is 9.59 Å². The molecule has 0 saturated heterocycles. The molecule has 1 unspecified atom stereocenters. The maximum absolute atomic E-state index is 13.7. The van der Waals surface area contributed by atoms with Crippen molar-refractivity contribution in [2.24, 2.45) is 0 Å². The second kappa shape index (κ2) is 8.27. The van der Waals surface area contributed by atoms with Gasteiger partial charge in [0.05, 0.1) is 24.6 Å². The number of carbonyl (C=O) groups is 1. The third-order valence-corrected chi connectivity index (χ3v) is 4.69. The topological polar surface area (TPSA) is 71.3 Å². The van der Waals surface area contributed by atoms with Crippen molar-refractivity contribution in [3.63, 3.8) is 0 Å². The first-order chi connectivity index (χ1) is 14.1. The highest BCUT2D eigenvalue weighted by atomic mass is 19.4. The molecule has 0 aliphatic heterocycles. The molecule has 9 heteroatoms. The fraction of sp³-hybridized carbons (Fsp3) is 0.238. The highest BCUT2D eigenvalue weighted by Crippen LogP contribution is 2.31. The Balaban J connectivity index is 1.84. The van der Waals surface area contributed by atoms with Gasteiger partial charge in [-0.05, 0) is 42.8 Å². The second-order valence-corrected chi connectivity index (χ2v) is 6.86. The number of fused-ring (bicyclic) bond motifs is 1. The van der Waals surface area contributed by atoms with E-state index in [0.29, 0.717) is 28.6 Å². The zero-order valence-electron chi connectivity index (χ0n) is 15.8. The molecular formula is C21H18F4N2O3. The summed E-state index contributed by atoms with van der Waals surface area (Å²) in [4.78, 5) is 25.0. The Kier molecular flexibility index (Phi) is 5.93. The molecular weight excluding hydrogens is 404 g/mol. The van der Waals surface area contributed by atoms with E-state index in [0.717, 1.165) is 6.07 Å². The van der Waals surface area contributed by atoms with Crippen molar-refractivity contribution in [1.82, 2.24) is 4.57 Å². The van der Waals surface area contributed by atoms with Crippen LogP contribution in [-0.4, -0.2) is 22.2 Å². The predicted octanol–water partition coefficient (Wildman–Crippen LogP) is 3.89. The van der Waals surface area contributed by atoms with Crippen molar-refractivity contribution in [2.45, 2.75) is 25.6 Å². The number of hydrogen-bond acceptors (Lipinski definition) is 3. The van der Waals surface area contributed by atoms with E-state index in [1.807, 2.05) is 0 Å². The van der Waals surface area contributed by atoms with Gasteiger partial charge in [0.2, 0.25) is 5.91 Å². The molecule has 0 spiro atoms. The number of pyridine rings is 1. The molecule has 1 amide bonds. The molecule has 0 bridgehead atoms. The first-order valence-corrected chi connectivity index (χ1v) is 9.02. The smallest absolute Gasteiger partial charge is 0.394 e. The van der Waals surface area contributed by atoms with E-state index < -0.39 is 29.5 Å². The van der Waals surface area contributed by atoms with Crippen LogP contribution in [0.4, 0.5) is 23.2 Å². The first-order valence-electron chi connectivity index (χ1n) is 9.02. The van der Waals surface area contributed by atoms with Crippen LogP contribution in [0.3, 0.4) is 0 Å². The Morgan fingerprint density at radius 2 is 1.90 bits per heavy atom. The minimum Gasteiger partial charge on any atom is -0.394 e. The van der Waals surface area contributed by atoms with E-state index in [9.17, 15) is 32.3 Å². The van der Waals surface area contributed by atoms with Crippen LogP contribution in [0.2, 0.25) is 0 Å². The predicted molar refractivity (Wildman–Crippen MR) is 104 cm³/mol. The summed E-state index contributed by atoms with van der Waals surface area (Å²) >= 11 is 0. The third kappa shape index (κ3) is 4.35. The van der Waals surface area contributed by atoms with Crippen LogP contribution < -0.4 is 10.9 Å². The minimum atomic E-state index is -4.81. The summed E-state index contributed by atoms with van der Waals surface area (Å²) in [6.07, 6.45) is -3.65. The van der Waals surface area contributed by atoms with Crippen LogP contribution in [0.15, 0.2) is 53.5 Å². The Morgan fingerprint density at radius 1 is 1.17 bits per heavy atom. The van der Waals surface area contributed by atoms with Gasteiger partial charge in [-0.1, -0.05) is 12.1 Å². The number of amides is 1. The average molecular weight is 422 g/mol. The van der Waals surface area contributed by atoms with Crippen LogP contribution in [-0.2, 0) is 17.4 Å². The summed E-state index contributed by atoms with van der Waals surface area (Å²) in [5.74, 6) is -2.02. The van der Waals surface area contributed by atoms with Gasteiger partial charge in [-0.15, -0.1) is 0 Å². The van der Waals surface area contributed by atoms with Crippen LogP contribution >= 0.6 is 0 Å². The van der Waals surface area contributed by atoms with Crippen LogP contribution in [0, 0.1) is 5.82 Å². The monoisotopic (exact) mass is 422 g/mol. The average Bonchev–Trinajstić information content (AvgIpc) is 2.67. The lowest BCUT2D eigenvalue weighted by molar-refractivity contribution is -0.140. The highest BCUT2D eigenvalue weighted by Gasteiger charge is 2.33. The summed E-state index contributed by atoms with van der Waals surface area (Å²) in [7, 11) is 0. The van der Waals surface area contributed by atoms with E-state index in [4.69, 9.17) is 0 Å². The lowest BCUT2D eigenvalue weighted by atomic mass is 10.1. The molecule has 0 fully saturated rings. The molecule has 0 aliphatic rings. The van der Waals surface area contributed by atoms with Crippen LogP contribution in [0.1, 0.15) is 24.1 Å². The molecule has 1 atom stereocenters. The SMILES string of the molecule is CC(CO)n1ccc2c(NC(=O)Cc3ccc(C(F)(F)F)c(F)c3)cccc2c1=O. The number of hydrogen-bond donors (Lipinski definition) is 2. The molecule has 0 saturated carbocycles. The second-order valence-electron chi connectivity index (χ2n) is 6.86. The number of alkyl halides is 3. The number of anilines is 1. The first kappa shape index (κ1) is 21.5. The number of carbonyl (C=O) groups excluding carboxylic acids is 1. The number of aliphatic hydroxyl groups is 1. The van der Waals surface area contributed by atoms with Gasteiger partial charge in [-0.2, -0.15) is 13.2 Å². The molecule has 3 rings (SSSR count). The zero-order chi connectivity index (χ0) is 22.1. The molecule has 5 nitrogen and oxygen atoms in total. The Hall–Kier alpha value is -3.20. The molecule has 0 radical (unpaired) electrons. The lowest BCUT2D eigenvalue weighted by Gasteiger charge is -2.15. The number of aliphatic hydroxyl groups excluding tert-OH is 1. The number of nitrogens with zero attached hydrogens (tertiary/aromatic N) is 1. The van der Waals surface area contributed by atoms with E-state index in [1.54, 1.807) is 31.2 Å². The van der Waals surface area contributed by atoms with Crippen molar-refractivity contribution in [3.05, 3.63) is 76.0 Å². The van der Waals surface area contributed by atoms with Crippen LogP contribution in [0.25, 0.3) is 10.8 Å². The Morgan fingerprint density at radius 3 is 2.53 bits per heavy atom. The van der Waals surface area contributed by atoms with Crippen molar-refractivity contribution in [3.8, 4) is 0 Å². The molecule has 1 heterocycles. The number of halogens is 4. The number of nitrogens with one attached hydrogen (secondary N) is 1. The molecule has 3 aromatic rings. The van der Waals surface area contributed by atoms with E-state index in [-0.39, 0.29) is 24.2 Å². The third-order valence-electron chi connectivity index (χ3n) is 4.69. The normalized spacial score (nSPS) is 12.7. The minimum absolute atomic E-state index is 0.0809. The van der Waals surface area contributed by atoms with Gasteiger partial charge in [0.25, 0.3) is 5.56 Å². The maximum atomic E-state index is 13.7. The van der Waals surface area contributed by atoms with Gasteiger partial charge < -0.3 is 15.0 Å². The van der Waals surface area contributed by atoms with Crippen molar-refractivity contribution < 1.29 is 27.5 Å². The van der Waals surface area contributed by atoms with Gasteiger partial charge >= 0.3 is 6.18 Å². The molecule has 30 heavy (non-hydrogen) atoms. The van der Waals surface area contributed by atoms with E-state index in [2.05, 4.69) is 5.32 Å².